The first-order valence-electron chi connectivity index (χ1n) is 6.07. The molecule has 0 aliphatic heterocycles. The van der Waals surface area contributed by atoms with E-state index in [9.17, 15) is 9.90 Å². The highest BCUT2D eigenvalue weighted by Crippen LogP contribution is 2.40. The van der Waals surface area contributed by atoms with Crippen molar-refractivity contribution >= 4 is 0 Å². The van der Waals surface area contributed by atoms with Crippen molar-refractivity contribution in [2.75, 3.05) is 0 Å². The van der Waals surface area contributed by atoms with Gasteiger partial charge < -0.3 is 9.67 Å². The molecule has 0 spiro atoms. The molecule has 1 aromatic rings. The molecule has 0 aromatic carbocycles. The monoisotopic (exact) mass is 219 g/mol. The predicted molar refractivity (Wildman–Crippen MR) is 61.7 cm³/mol. The summed E-state index contributed by atoms with van der Waals surface area (Å²) in [5.74, 6) is 0.655. The molecule has 16 heavy (non-hydrogen) atoms. The Labute approximate surface area is 94.7 Å². The molecule has 2 aliphatic carbocycles. The lowest BCUT2D eigenvalue weighted by Gasteiger charge is -2.34. The van der Waals surface area contributed by atoms with Crippen molar-refractivity contribution in [3.8, 4) is 0 Å². The van der Waals surface area contributed by atoms with Gasteiger partial charge in [0, 0.05) is 11.8 Å². The predicted octanol–water partition coefficient (Wildman–Crippen LogP) is 1.73. The van der Waals surface area contributed by atoms with Crippen molar-refractivity contribution in [1.82, 2.24) is 4.57 Å². The summed E-state index contributed by atoms with van der Waals surface area (Å²) in [6.45, 7) is 1.87. The van der Waals surface area contributed by atoms with Gasteiger partial charge in [-0.05, 0) is 50.2 Å². The lowest BCUT2D eigenvalue weighted by atomic mass is 9.88. The second kappa shape index (κ2) is 3.45. The van der Waals surface area contributed by atoms with Crippen LogP contribution in [0.4, 0.5) is 0 Å². The first-order chi connectivity index (χ1) is 7.66. The number of aryl methyl sites for hydroxylation is 1. The van der Waals surface area contributed by atoms with Crippen LogP contribution in [-0.4, -0.2) is 15.8 Å². The summed E-state index contributed by atoms with van der Waals surface area (Å²) in [5.41, 5.74) is 2.15. The van der Waals surface area contributed by atoms with E-state index in [1.54, 1.807) is 4.57 Å². The van der Waals surface area contributed by atoms with Crippen LogP contribution >= 0.6 is 0 Å². The molecule has 1 N–H and O–H groups in total. The summed E-state index contributed by atoms with van der Waals surface area (Å²) in [4.78, 5) is 12.0. The highest BCUT2D eigenvalue weighted by atomic mass is 16.3. The van der Waals surface area contributed by atoms with Crippen LogP contribution in [0.1, 0.15) is 48.8 Å². The van der Waals surface area contributed by atoms with Gasteiger partial charge in [-0.25, -0.2) is 0 Å². The normalized spacial score (nSPS) is 28.9. The summed E-state index contributed by atoms with van der Waals surface area (Å²) in [5, 5.41) is 9.66. The number of aromatic nitrogens is 1. The minimum atomic E-state index is -0.327. The van der Waals surface area contributed by atoms with E-state index in [1.165, 1.54) is 18.4 Å². The largest absolute Gasteiger partial charge is 0.391 e. The fourth-order valence-corrected chi connectivity index (χ4v) is 2.45. The van der Waals surface area contributed by atoms with Crippen LogP contribution in [0.15, 0.2) is 17.1 Å². The van der Waals surface area contributed by atoms with Gasteiger partial charge in [0.1, 0.15) is 0 Å². The Kier molecular flexibility index (Phi) is 2.18. The highest BCUT2D eigenvalue weighted by Gasteiger charge is 2.32. The zero-order valence-corrected chi connectivity index (χ0v) is 9.52. The molecule has 0 bridgehead atoms. The molecule has 2 fully saturated rings. The molecule has 1 heterocycles. The maximum absolute atomic E-state index is 12.0. The van der Waals surface area contributed by atoms with E-state index in [4.69, 9.17) is 0 Å². The van der Waals surface area contributed by atoms with Crippen LogP contribution in [0.3, 0.4) is 0 Å². The van der Waals surface area contributed by atoms with Crippen LogP contribution < -0.4 is 5.56 Å². The highest BCUT2D eigenvalue weighted by molar-refractivity contribution is 5.25. The van der Waals surface area contributed by atoms with Crippen LogP contribution in [0.5, 0.6) is 0 Å². The Morgan fingerprint density at radius 2 is 2.06 bits per heavy atom. The van der Waals surface area contributed by atoms with Gasteiger partial charge in [-0.3, -0.25) is 4.79 Å². The number of hydrogen-bond donors (Lipinski definition) is 1. The lowest BCUT2D eigenvalue weighted by Crippen LogP contribution is -2.39. The van der Waals surface area contributed by atoms with Crippen molar-refractivity contribution in [2.45, 2.75) is 50.7 Å². The molecular formula is C13H17NO2. The first kappa shape index (κ1) is 10.1. The van der Waals surface area contributed by atoms with Gasteiger partial charge in [0.25, 0.3) is 5.56 Å². The third-order valence-corrected chi connectivity index (χ3v) is 3.85. The van der Waals surface area contributed by atoms with Crippen LogP contribution in [-0.2, 0) is 0 Å². The van der Waals surface area contributed by atoms with Gasteiger partial charge in [0.05, 0.1) is 12.1 Å². The third-order valence-electron chi connectivity index (χ3n) is 3.85. The number of aliphatic hydroxyl groups excluding tert-OH is 1. The molecular weight excluding hydrogens is 202 g/mol. The van der Waals surface area contributed by atoms with E-state index >= 15 is 0 Å². The Bertz CT molecular complexity index is 473. The molecule has 2 aliphatic rings. The molecule has 0 radical (unpaired) electrons. The van der Waals surface area contributed by atoms with E-state index in [2.05, 4.69) is 0 Å². The quantitative estimate of drug-likeness (QED) is 0.823. The van der Waals surface area contributed by atoms with E-state index in [0.717, 1.165) is 18.4 Å². The summed E-state index contributed by atoms with van der Waals surface area (Å²) >= 11 is 0. The molecule has 3 nitrogen and oxygen atoms in total. The topological polar surface area (TPSA) is 42.2 Å². The summed E-state index contributed by atoms with van der Waals surface area (Å²) < 4.78 is 1.76. The molecule has 86 valence electrons. The summed E-state index contributed by atoms with van der Waals surface area (Å²) in [6.07, 6.45) is 5.88. The number of aliphatic hydroxyl groups is 1. The van der Waals surface area contributed by atoms with Gasteiger partial charge in [-0.2, -0.15) is 0 Å². The van der Waals surface area contributed by atoms with Crippen molar-refractivity contribution in [1.29, 1.82) is 0 Å². The van der Waals surface area contributed by atoms with Gasteiger partial charge in [-0.1, -0.05) is 0 Å². The van der Waals surface area contributed by atoms with E-state index in [1.807, 2.05) is 19.2 Å². The molecule has 2 atom stereocenters. The minimum absolute atomic E-state index is 0.0184. The van der Waals surface area contributed by atoms with Crippen molar-refractivity contribution in [2.24, 2.45) is 0 Å². The molecule has 3 rings (SSSR count). The summed E-state index contributed by atoms with van der Waals surface area (Å²) in [7, 11) is 0. The van der Waals surface area contributed by atoms with Gasteiger partial charge in [-0.15, -0.1) is 0 Å². The zero-order chi connectivity index (χ0) is 11.3. The molecule has 0 saturated heterocycles. The van der Waals surface area contributed by atoms with Gasteiger partial charge in [0.2, 0.25) is 0 Å². The Balaban J connectivity index is 2.04. The van der Waals surface area contributed by atoms with Gasteiger partial charge >= 0.3 is 0 Å². The number of pyridine rings is 1. The number of rotatable bonds is 2. The minimum Gasteiger partial charge on any atom is -0.391 e. The van der Waals surface area contributed by atoms with E-state index in [-0.39, 0.29) is 17.7 Å². The van der Waals surface area contributed by atoms with Crippen molar-refractivity contribution in [3.63, 3.8) is 0 Å². The SMILES string of the molecule is Cc1cc(C2CC2)cn(C2CCC2O)c1=O. The molecule has 1 aromatic heterocycles. The first-order valence-corrected chi connectivity index (χ1v) is 6.07. The number of nitrogens with zero attached hydrogens (tertiary/aromatic N) is 1. The molecule has 2 saturated carbocycles. The second-order valence-electron chi connectivity index (χ2n) is 5.16. The second-order valence-corrected chi connectivity index (χ2v) is 5.16. The van der Waals surface area contributed by atoms with Crippen LogP contribution in [0.2, 0.25) is 0 Å². The van der Waals surface area contributed by atoms with E-state index in [0.29, 0.717) is 5.92 Å². The smallest absolute Gasteiger partial charge is 0.253 e. The fourth-order valence-electron chi connectivity index (χ4n) is 2.45. The Morgan fingerprint density at radius 1 is 1.31 bits per heavy atom. The standard InChI is InChI=1S/C13H17NO2/c1-8-6-10(9-2-3-9)7-14(13(8)16)11-4-5-12(11)15/h6-7,9,11-12,15H,2-5H2,1H3. The zero-order valence-electron chi connectivity index (χ0n) is 9.52. The average molecular weight is 219 g/mol. The maximum Gasteiger partial charge on any atom is 0.253 e. The number of hydrogen-bond acceptors (Lipinski definition) is 2. The average Bonchev–Trinajstić information content (AvgIpc) is 3.05. The Morgan fingerprint density at radius 3 is 2.56 bits per heavy atom. The molecule has 3 heteroatoms. The molecule has 0 amide bonds. The fraction of sp³-hybridized carbons (Fsp3) is 0.615. The third kappa shape index (κ3) is 1.50. The van der Waals surface area contributed by atoms with Crippen molar-refractivity contribution in [3.05, 3.63) is 33.7 Å². The van der Waals surface area contributed by atoms with Crippen LogP contribution in [0, 0.1) is 6.92 Å². The Hall–Kier alpha value is -1.09. The van der Waals surface area contributed by atoms with E-state index < -0.39 is 0 Å². The lowest BCUT2D eigenvalue weighted by molar-refractivity contribution is 0.0297. The van der Waals surface area contributed by atoms with Gasteiger partial charge in [0.15, 0.2) is 0 Å². The van der Waals surface area contributed by atoms with Crippen molar-refractivity contribution < 1.29 is 5.11 Å². The van der Waals surface area contributed by atoms with Crippen LogP contribution in [0.25, 0.3) is 0 Å². The molecule has 2 unspecified atom stereocenters. The summed E-state index contributed by atoms with van der Waals surface area (Å²) in [6, 6.07) is 2.03. The maximum atomic E-state index is 12.0.